The van der Waals surface area contributed by atoms with Gasteiger partial charge in [-0.15, -0.1) is 0 Å². The van der Waals surface area contributed by atoms with Gasteiger partial charge in [-0.2, -0.15) is 0 Å². The number of ether oxygens (including phenoxy) is 1. The van der Waals surface area contributed by atoms with Crippen LogP contribution in [0.1, 0.15) is 33.3 Å². The number of rotatable bonds is 5. The Balaban J connectivity index is 1.81. The van der Waals surface area contributed by atoms with Crippen molar-refractivity contribution in [2.45, 2.75) is 40.3 Å². The summed E-state index contributed by atoms with van der Waals surface area (Å²) in [6, 6.07) is 7.69. The lowest BCUT2D eigenvalue weighted by Crippen LogP contribution is -2.33. The second kappa shape index (κ2) is 5.09. The maximum absolute atomic E-state index is 11.9. The first-order valence-electron chi connectivity index (χ1n) is 7.00. The van der Waals surface area contributed by atoms with E-state index in [1.54, 1.807) is 0 Å². The van der Waals surface area contributed by atoms with E-state index in [1.807, 2.05) is 24.3 Å². The third-order valence-corrected chi connectivity index (χ3v) is 4.86. The molecule has 20 heavy (non-hydrogen) atoms. The van der Waals surface area contributed by atoms with Crippen LogP contribution < -0.4 is 15.8 Å². The Morgan fingerprint density at radius 2 is 1.75 bits per heavy atom. The largest absolute Gasteiger partial charge is 0.484 e. The summed E-state index contributed by atoms with van der Waals surface area (Å²) < 4.78 is 5.48. The normalized spacial score (nSPS) is 19.4. The summed E-state index contributed by atoms with van der Waals surface area (Å²) in [5, 5.41) is 3.04. The summed E-state index contributed by atoms with van der Waals surface area (Å²) in [6.45, 7) is 9.24. The first-order chi connectivity index (χ1) is 9.29. The van der Waals surface area contributed by atoms with Crippen LogP contribution in [0.2, 0.25) is 0 Å². The summed E-state index contributed by atoms with van der Waals surface area (Å²) in [7, 11) is 0. The summed E-state index contributed by atoms with van der Waals surface area (Å²) >= 11 is 0. The van der Waals surface area contributed by atoms with E-state index in [9.17, 15) is 4.79 Å². The number of nitrogens with one attached hydrogen (secondary N) is 1. The molecule has 1 aliphatic carbocycles. The summed E-state index contributed by atoms with van der Waals surface area (Å²) in [5.74, 6) is 0.614. The van der Waals surface area contributed by atoms with E-state index in [-0.39, 0.29) is 29.4 Å². The number of nitrogens with two attached hydrogens (primary N) is 1. The van der Waals surface area contributed by atoms with Crippen molar-refractivity contribution in [3.05, 3.63) is 29.8 Å². The molecule has 0 bridgehead atoms. The first-order valence-corrected chi connectivity index (χ1v) is 7.00. The molecular formula is C16H24N2O2. The van der Waals surface area contributed by atoms with Gasteiger partial charge < -0.3 is 15.8 Å². The molecule has 110 valence electrons. The van der Waals surface area contributed by atoms with Gasteiger partial charge in [-0.1, -0.05) is 39.8 Å². The zero-order valence-electron chi connectivity index (χ0n) is 12.7. The smallest absolute Gasteiger partial charge is 0.258 e. The molecule has 0 radical (unpaired) electrons. The molecule has 1 aromatic carbocycles. The van der Waals surface area contributed by atoms with E-state index in [0.29, 0.717) is 12.3 Å². The zero-order chi connectivity index (χ0) is 15.0. The fourth-order valence-electron chi connectivity index (χ4n) is 2.63. The number of benzene rings is 1. The molecule has 1 amide bonds. The Labute approximate surface area is 120 Å². The summed E-state index contributed by atoms with van der Waals surface area (Å²) in [6.07, 6.45) is 0. The third kappa shape index (κ3) is 2.66. The average Bonchev–Trinajstić information content (AvgIpc) is 2.79. The van der Waals surface area contributed by atoms with Crippen molar-refractivity contribution in [3.8, 4) is 5.75 Å². The molecular weight excluding hydrogens is 252 g/mol. The maximum Gasteiger partial charge on any atom is 0.258 e. The number of hydrogen-bond donors (Lipinski definition) is 2. The number of hydrogen-bond acceptors (Lipinski definition) is 3. The SMILES string of the molecule is CC1(C)C(NC(=O)COc2ccc(CN)cc2)C1(C)C. The van der Waals surface area contributed by atoms with Crippen molar-refractivity contribution >= 4 is 5.91 Å². The fourth-order valence-corrected chi connectivity index (χ4v) is 2.63. The van der Waals surface area contributed by atoms with Crippen molar-refractivity contribution in [2.24, 2.45) is 16.6 Å². The zero-order valence-corrected chi connectivity index (χ0v) is 12.7. The lowest BCUT2D eigenvalue weighted by atomic mass is 10.0. The molecule has 1 fully saturated rings. The van der Waals surface area contributed by atoms with Crippen LogP contribution in [0.5, 0.6) is 5.75 Å². The van der Waals surface area contributed by atoms with Gasteiger partial charge in [0.05, 0.1) is 0 Å². The van der Waals surface area contributed by atoms with Crippen LogP contribution in [0.3, 0.4) is 0 Å². The van der Waals surface area contributed by atoms with E-state index < -0.39 is 0 Å². The number of amides is 1. The van der Waals surface area contributed by atoms with E-state index in [4.69, 9.17) is 10.5 Å². The molecule has 0 atom stereocenters. The van der Waals surface area contributed by atoms with Gasteiger partial charge in [-0.25, -0.2) is 0 Å². The minimum Gasteiger partial charge on any atom is -0.484 e. The van der Waals surface area contributed by atoms with E-state index in [2.05, 4.69) is 33.0 Å². The van der Waals surface area contributed by atoms with Crippen LogP contribution in [0.4, 0.5) is 0 Å². The van der Waals surface area contributed by atoms with E-state index >= 15 is 0 Å². The van der Waals surface area contributed by atoms with Crippen molar-refractivity contribution in [3.63, 3.8) is 0 Å². The molecule has 1 aromatic rings. The van der Waals surface area contributed by atoms with Gasteiger partial charge in [0.1, 0.15) is 5.75 Å². The molecule has 4 heteroatoms. The third-order valence-electron chi connectivity index (χ3n) is 4.86. The lowest BCUT2D eigenvalue weighted by molar-refractivity contribution is -0.123. The molecule has 0 unspecified atom stereocenters. The van der Waals surface area contributed by atoms with Crippen LogP contribution in [-0.2, 0) is 11.3 Å². The standard InChI is InChI=1S/C16H24N2O2/c1-15(2)14(16(15,3)4)18-13(19)10-20-12-7-5-11(9-17)6-8-12/h5-8,14H,9-10,17H2,1-4H3,(H,18,19). The van der Waals surface area contributed by atoms with Crippen LogP contribution >= 0.6 is 0 Å². The van der Waals surface area contributed by atoms with Gasteiger partial charge in [-0.3, -0.25) is 4.79 Å². The van der Waals surface area contributed by atoms with Crippen molar-refractivity contribution < 1.29 is 9.53 Å². The van der Waals surface area contributed by atoms with E-state index in [0.717, 1.165) is 5.56 Å². The van der Waals surface area contributed by atoms with Gasteiger partial charge >= 0.3 is 0 Å². The van der Waals surface area contributed by atoms with Crippen LogP contribution in [0, 0.1) is 10.8 Å². The highest BCUT2D eigenvalue weighted by molar-refractivity contribution is 5.78. The molecule has 0 aromatic heterocycles. The second-order valence-corrected chi connectivity index (χ2v) is 6.58. The minimum atomic E-state index is -0.0726. The molecule has 0 heterocycles. The molecule has 1 saturated carbocycles. The van der Waals surface area contributed by atoms with Gasteiger partial charge in [-0.05, 0) is 28.5 Å². The molecule has 2 rings (SSSR count). The topological polar surface area (TPSA) is 64.3 Å². The Bertz CT molecular complexity index is 478. The Kier molecular flexibility index (Phi) is 3.78. The van der Waals surface area contributed by atoms with Gasteiger partial charge in [0.15, 0.2) is 6.61 Å². The molecule has 0 spiro atoms. The molecule has 0 aliphatic heterocycles. The Morgan fingerprint density at radius 1 is 1.20 bits per heavy atom. The van der Waals surface area contributed by atoms with Gasteiger partial charge in [0.2, 0.25) is 0 Å². The van der Waals surface area contributed by atoms with Crippen LogP contribution in [0.25, 0.3) is 0 Å². The lowest BCUT2D eigenvalue weighted by Gasteiger charge is -2.09. The fraction of sp³-hybridized carbons (Fsp3) is 0.562. The summed E-state index contributed by atoms with van der Waals surface area (Å²) in [4.78, 5) is 11.9. The maximum atomic E-state index is 11.9. The second-order valence-electron chi connectivity index (χ2n) is 6.58. The molecule has 0 saturated heterocycles. The highest BCUT2D eigenvalue weighted by atomic mass is 16.5. The van der Waals surface area contributed by atoms with Crippen molar-refractivity contribution in [2.75, 3.05) is 6.61 Å². The predicted octanol–water partition coefficient (Wildman–Crippen LogP) is 2.07. The number of carbonyl (C=O) groups excluding carboxylic acids is 1. The monoisotopic (exact) mass is 276 g/mol. The molecule has 4 nitrogen and oxygen atoms in total. The minimum absolute atomic E-state index is 0.0463. The molecule has 1 aliphatic rings. The Morgan fingerprint density at radius 3 is 2.20 bits per heavy atom. The predicted molar refractivity (Wildman–Crippen MR) is 79.3 cm³/mol. The van der Waals surface area contributed by atoms with Gasteiger partial charge in [0.25, 0.3) is 5.91 Å². The van der Waals surface area contributed by atoms with Crippen LogP contribution in [-0.4, -0.2) is 18.6 Å². The first kappa shape index (κ1) is 14.9. The molecule has 3 N–H and O–H groups in total. The van der Waals surface area contributed by atoms with E-state index in [1.165, 1.54) is 0 Å². The number of carbonyl (C=O) groups is 1. The van der Waals surface area contributed by atoms with Crippen molar-refractivity contribution in [1.82, 2.24) is 5.32 Å². The highest BCUT2D eigenvalue weighted by Gasteiger charge is 2.65. The Hall–Kier alpha value is -1.55. The van der Waals surface area contributed by atoms with Crippen LogP contribution in [0.15, 0.2) is 24.3 Å². The highest BCUT2D eigenvalue weighted by Crippen LogP contribution is 2.62. The quantitative estimate of drug-likeness (QED) is 0.865. The average molecular weight is 276 g/mol. The van der Waals surface area contributed by atoms with Crippen molar-refractivity contribution in [1.29, 1.82) is 0 Å². The van der Waals surface area contributed by atoms with Gasteiger partial charge in [0, 0.05) is 12.6 Å². The summed E-state index contributed by atoms with van der Waals surface area (Å²) in [5.41, 5.74) is 6.86.